The van der Waals surface area contributed by atoms with Gasteiger partial charge < -0.3 is 15.3 Å². The molecule has 1 aliphatic rings. The number of likely N-dealkylation sites (tertiary alicyclic amines) is 1. The highest BCUT2D eigenvalue weighted by atomic mass is 16.4. The molecule has 0 radical (unpaired) electrons. The number of carboxylic acids is 1. The van der Waals surface area contributed by atoms with Crippen molar-refractivity contribution in [2.75, 3.05) is 13.1 Å². The second kappa shape index (κ2) is 7.87. The van der Waals surface area contributed by atoms with Crippen LogP contribution in [0.1, 0.15) is 46.0 Å². The summed E-state index contributed by atoms with van der Waals surface area (Å²) in [6, 6.07) is -0.885. The van der Waals surface area contributed by atoms with Crippen LogP contribution in [-0.4, -0.2) is 46.9 Å². The number of hydrogen-bond acceptors (Lipinski definition) is 3. The molecule has 6 nitrogen and oxygen atoms in total. The highest BCUT2D eigenvalue weighted by molar-refractivity contribution is 5.88. The molecule has 2 amide bonds. The quantitative estimate of drug-likeness (QED) is 0.762. The third kappa shape index (κ3) is 5.59. The zero-order valence-electron chi connectivity index (χ0n) is 12.2. The van der Waals surface area contributed by atoms with Gasteiger partial charge in [-0.05, 0) is 25.2 Å². The van der Waals surface area contributed by atoms with Crippen molar-refractivity contribution in [3.63, 3.8) is 0 Å². The van der Waals surface area contributed by atoms with E-state index in [2.05, 4.69) is 5.32 Å². The maximum absolute atomic E-state index is 11.9. The predicted octanol–water partition coefficient (Wildman–Crippen LogP) is 1.00. The highest BCUT2D eigenvalue weighted by Gasteiger charge is 2.24. The summed E-state index contributed by atoms with van der Waals surface area (Å²) in [6.45, 7) is 4.34. The van der Waals surface area contributed by atoms with E-state index in [1.807, 2.05) is 13.8 Å². The second-order valence-electron chi connectivity index (χ2n) is 5.71. The highest BCUT2D eigenvalue weighted by Crippen LogP contribution is 2.11. The predicted molar refractivity (Wildman–Crippen MR) is 74.1 cm³/mol. The van der Waals surface area contributed by atoms with Gasteiger partial charge in [0.1, 0.15) is 6.04 Å². The number of rotatable bonds is 6. The van der Waals surface area contributed by atoms with Crippen LogP contribution in [-0.2, 0) is 14.4 Å². The van der Waals surface area contributed by atoms with Gasteiger partial charge >= 0.3 is 5.97 Å². The molecule has 0 spiro atoms. The van der Waals surface area contributed by atoms with Gasteiger partial charge in [0.2, 0.25) is 11.8 Å². The van der Waals surface area contributed by atoms with Crippen molar-refractivity contribution in [3.05, 3.63) is 0 Å². The second-order valence-corrected chi connectivity index (χ2v) is 5.71. The van der Waals surface area contributed by atoms with Gasteiger partial charge in [0, 0.05) is 13.0 Å². The SMILES string of the molecule is CC(C)CC(NC(=O)CN1CCCCCC1=O)C(=O)O. The van der Waals surface area contributed by atoms with E-state index in [4.69, 9.17) is 5.11 Å². The van der Waals surface area contributed by atoms with Gasteiger partial charge in [0.25, 0.3) is 0 Å². The molecule has 114 valence electrons. The molecular formula is C14H24N2O4. The number of nitrogens with zero attached hydrogens (tertiary/aromatic N) is 1. The number of carboxylic acid groups (broad SMARTS) is 1. The topological polar surface area (TPSA) is 86.7 Å². The van der Waals surface area contributed by atoms with E-state index >= 15 is 0 Å². The van der Waals surface area contributed by atoms with Crippen LogP contribution in [0.2, 0.25) is 0 Å². The van der Waals surface area contributed by atoms with Crippen molar-refractivity contribution in [2.24, 2.45) is 5.92 Å². The van der Waals surface area contributed by atoms with Gasteiger partial charge in [-0.3, -0.25) is 9.59 Å². The minimum absolute atomic E-state index is 0.0200. The number of amides is 2. The molecule has 1 unspecified atom stereocenters. The molecule has 1 atom stereocenters. The monoisotopic (exact) mass is 284 g/mol. The van der Waals surface area contributed by atoms with E-state index in [0.29, 0.717) is 19.4 Å². The van der Waals surface area contributed by atoms with Gasteiger partial charge in [-0.2, -0.15) is 0 Å². The van der Waals surface area contributed by atoms with Crippen molar-refractivity contribution in [3.8, 4) is 0 Å². The van der Waals surface area contributed by atoms with Crippen LogP contribution < -0.4 is 5.32 Å². The zero-order valence-corrected chi connectivity index (χ0v) is 12.2. The Morgan fingerprint density at radius 1 is 1.30 bits per heavy atom. The Bertz CT molecular complexity index is 362. The lowest BCUT2D eigenvalue weighted by Crippen LogP contribution is -2.47. The molecule has 0 bridgehead atoms. The van der Waals surface area contributed by atoms with E-state index in [-0.39, 0.29) is 18.4 Å². The fraction of sp³-hybridized carbons (Fsp3) is 0.786. The zero-order chi connectivity index (χ0) is 15.1. The van der Waals surface area contributed by atoms with Gasteiger partial charge in [-0.15, -0.1) is 0 Å². The summed E-state index contributed by atoms with van der Waals surface area (Å²) in [7, 11) is 0. The Kier molecular flexibility index (Phi) is 6.48. The van der Waals surface area contributed by atoms with E-state index in [1.54, 1.807) is 0 Å². The van der Waals surface area contributed by atoms with Gasteiger partial charge in [-0.1, -0.05) is 20.3 Å². The van der Waals surface area contributed by atoms with Crippen LogP contribution in [0.5, 0.6) is 0 Å². The lowest BCUT2D eigenvalue weighted by atomic mass is 10.0. The van der Waals surface area contributed by atoms with Crippen LogP contribution >= 0.6 is 0 Å². The van der Waals surface area contributed by atoms with Crippen LogP contribution in [0.3, 0.4) is 0 Å². The molecule has 2 N–H and O–H groups in total. The van der Waals surface area contributed by atoms with Crippen molar-refractivity contribution in [2.45, 2.75) is 52.0 Å². The molecule has 1 heterocycles. The molecule has 0 aliphatic carbocycles. The number of nitrogens with one attached hydrogen (secondary N) is 1. The smallest absolute Gasteiger partial charge is 0.326 e. The van der Waals surface area contributed by atoms with E-state index in [1.165, 1.54) is 4.90 Å². The Balaban J connectivity index is 2.51. The van der Waals surface area contributed by atoms with Crippen molar-refractivity contribution in [1.82, 2.24) is 10.2 Å². The third-order valence-corrected chi connectivity index (χ3v) is 3.35. The molecular weight excluding hydrogens is 260 g/mol. The number of aliphatic carboxylic acids is 1. The van der Waals surface area contributed by atoms with E-state index < -0.39 is 17.9 Å². The van der Waals surface area contributed by atoms with Crippen LogP contribution in [0, 0.1) is 5.92 Å². The standard InChI is InChI=1S/C14H24N2O4/c1-10(2)8-11(14(19)20)15-12(17)9-16-7-5-3-4-6-13(16)18/h10-11H,3-9H2,1-2H3,(H,15,17)(H,19,20). The van der Waals surface area contributed by atoms with Crippen LogP contribution in [0.4, 0.5) is 0 Å². The minimum Gasteiger partial charge on any atom is -0.480 e. The van der Waals surface area contributed by atoms with Crippen molar-refractivity contribution in [1.29, 1.82) is 0 Å². The molecule has 1 fully saturated rings. The largest absolute Gasteiger partial charge is 0.480 e. The first-order chi connectivity index (χ1) is 9.40. The Hall–Kier alpha value is -1.59. The first kappa shape index (κ1) is 16.5. The molecule has 0 aromatic rings. The Morgan fingerprint density at radius 3 is 2.60 bits per heavy atom. The summed E-state index contributed by atoms with van der Waals surface area (Å²) in [5, 5.41) is 11.6. The lowest BCUT2D eigenvalue weighted by molar-refractivity contribution is -0.143. The maximum Gasteiger partial charge on any atom is 0.326 e. The molecule has 1 saturated heterocycles. The summed E-state index contributed by atoms with van der Waals surface area (Å²) >= 11 is 0. The molecule has 0 saturated carbocycles. The fourth-order valence-electron chi connectivity index (χ4n) is 2.31. The van der Waals surface area contributed by atoms with Gasteiger partial charge in [0.15, 0.2) is 0 Å². The first-order valence-electron chi connectivity index (χ1n) is 7.20. The number of hydrogen-bond donors (Lipinski definition) is 2. The van der Waals surface area contributed by atoms with Crippen molar-refractivity contribution < 1.29 is 19.5 Å². The number of carbonyl (C=O) groups excluding carboxylic acids is 2. The Morgan fingerprint density at radius 2 is 2.00 bits per heavy atom. The summed E-state index contributed by atoms with van der Waals surface area (Å²) in [4.78, 5) is 36.3. The summed E-state index contributed by atoms with van der Waals surface area (Å²) in [5.74, 6) is -1.27. The van der Waals surface area contributed by atoms with Crippen LogP contribution in [0.25, 0.3) is 0 Å². The molecule has 1 aliphatic heterocycles. The molecule has 6 heteroatoms. The normalized spacial score (nSPS) is 17.8. The Labute approximate surface area is 119 Å². The van der Waals surface area contributed by atoms with Crippen molar-refractivity contribution >= 4 is 17.8 Å². The maximum atomic E-state index is 11.9. The molecule has 0 aromatic heterocycles. The first-order valence-corrected chi connectivity index (χ1v) is 7.20. The fourth-order valence-corrected chi connectivity index (χ4v) is 2.31. The van der Waals surface area contributed by atoms with Crippen LogP contribution in [0.15, 0.2) is 0 Å². The van der Waals surface area contributed by atoms with E-state index in [0.717, 1.165) is 19.3 Å². The average molecular weight is 284 g/mol. The molecule has 20 heavy (non-hydrogen) atoms. The minimum atomic E-state index is -1.03. The summed E-state index contributed by atoms with van der Waals surface area (Å²) in [5.41, 5.74) is 0. The summed E-state index contributed by atoms with van der Waals surface area (Å²) < 4.78 is 0. The van der Waals surface area contributed by atoms with E-state index in [9.17, 15) is 14.4 Å². The van der Waals surface area contributed by atoms with Gasteiger partial charge in [-0.25, -0.2) is 4.79 Å². The molecule has 1 rings (SSSR count). The third-order valence-electron chi connectivity index (χ3n) is 3.35. The summed E-state index contributed by atoms with van der Waals surface area (Å²) in [6.07, 6.45) is 3.61. The molecule has 0 aromatic carbocycles. The average Bonchev–Trinajstić information content (AvgIpc) is 2.53. The lowest BCUT2D eigenvalue weighted by Gasteiger charge is -2.22. The van der Waals surface area contributed by atoms with Gasteiger partial charge in [0.05, 0.1) is 6.54 Å². The number of carbonyl (C=O) groups is 3.